The quantitative estimate of drug-likeness (QED) is 0.645. The number of carbonyl (C=O) groups is 2. The van der Waals surface area contributed by atoms with Gasteiger partial charge in [-0.05, 0) is 29.8 Å². The van der Waals surface area contributed by atoms with Crippen LogP contribution in [0.2, 0.25) is 0 Å². The van der Waals surface area contributed by atoms with Crippen LogP contribution in [0.15, 0.2) is 52.9 Å². The molecular formula is C20H19NO6. The number of furan rings is 1. The van der Waals surface area contributed by atoms with Crippen LogP contribution in [-0.2, 0) is 16.1 Å². The van der Waals surface area contributed by atoms with E-state index < -0.39 is 18.5 Å². The molecule has 0 aliphatic rings. The van der Waals surface area contributed by atoms with Gasteiger partial charge in [-0.15, -0.1) is 0 Å². The number of rotatable bonds is 7. The Hall–Kier alpha value is -3.48. The average Bonchev–Trinajstić information content (AvgIpc) is 3.14. The molecule has 1 heterocycles. The van der Waals surface area contributed by atoms with Gasteiger partial charge in [0.2, 0.25) is 5.76 Å². The first-order chi connectivity index (χ1) is 13.1. The van der Waals surface area contributed by atoms with Crippen molar-refractivity contribution in [2.75, 3.05) is 20.8 Å². The zero-order chi connectivity index (χ0) is 19.2. The number of para-hydroxylation sites is 1. The van der Waals surface area contributed by atoms with Crippen molar-refractivity contribution in [3.63, 3.8) is 0 Å². The molecule has 3 rings (SSSR count). The van der Waals surface area contributed by atoms with Gasteiger partial charge in [0.05, 0.1) is 14.2 Å². The SMILES string of the molecule is COc1ccc(CNC(=O)COC(=O)c2cc3ccccc3o2)cc1OC. The van der Waals surface area contributed by atoms with E-state index in [1.165, 1.54) is 7.11 Å². The Kier molecular flexibility index (Phi) is 5.61. The fourth-order valence-corrected chi connectivity index (χ4v) is 2.53. The van der Waals surface area contributed by atoms with Crippen LogP contribution in [0.5, 0.6) is 11.5 Å². The molecular weight excluding hydrogens is 350 g/mol. The van der Waals surface area contributed by atoms with Crippen LogP contribution in [0.1, 0.15) is 16.1 Å². The third-order valence-electron chi connectivity index (χ3n) is 3.90. The average molecular weight is 369 g/mol. The summed E-state index contributed by atoms with van der Waals surface area (Å²) in [6.45, 7) is -0.134. The van der Waals surface area contributed by atoms with Crippen LogP contribution >= 0.6 is 0 Å². The summed E-state index contributed by atoms with van der Waals surface area (Å²) in [6.07, 6.45) is 0. The van der Waals surface area contributed by atoms with Gasteiger partial charge in [-0.3, -0.25) is 4.79 Å². The van der Waals surface area contributed by atoms with Crippen molar-refractivity contribution in [3.05, 3.63) is 59.9 Å². The summed E-state index contributed by atoms with van der Waals surface area (Å²) in [5.41, 5.74) is 1.41. The number of methoxy groups -OCH3 is 2. The monoisotopic (exact) mass is 369 g/mol. The molecule has 0 saturated carbocycles. The smallest absolute Gasteiger partial charge is 0.374 e. The molecule has 2 aromatic carbocycles. The second kappa shape index (κ2) is 8.27. The van der Waals surface area contributed by atoms with Crippen molar-refractivity contribution in [1.29, 1.82) is 0 Å². The maximum Gasteiger partial charge on any atom is 0.374 e. The molecule has 0 bridgehead atoms. The standard InChI is InChI=1S/C20H19NO6/c1-24-16-8-7-13(9-17(16)25-2)11-21-19(22)12-26-20(23)18-10-14-5-3-4-6-15(14)27-18/h3-10H,11-12H2,1-2H3,(H,21,22). The fourth-order valence-electron chi connectivity index (χ4n) is 2.53. The maximum absolute atomic E-state index is 12.0. The summed E-state index contributed by atoms with van der Waals surface area (Å²) in [5, 5.41) is 3.47. The number of fused-ring (bicyclic) bond motifs is 1. The maximum atomic E-state index is 12.0. The highest BCUT2D eigenvalue weighted by Gasteiger charge is 2.15. The van der Waals surface area contributed by atoms with Crippen LogP contribution < -0.4 is 14.8 Å². The predicted octanol–water partition coefficient (Wildman–Crippen LogP) is 2.92. The van der Waals surface area contributed by atoms with Crippen molar-refractivity contribution in [2.24, 2.45) is 0 Å². The van der Waals surface area contributed by atoms with Crippen molar-refractivity contribution in [3.8, 4) is 11.5 Å². The zero-order valence-corrected chi connectivity index (χ0v) is 15.0. The van der Waals surface area contributed by atoms with E-state index in [2.05, 4.69) is 5.32 Å². The molecule has 0 aliphatic carbocycles. The molecule has 3 aromatic rings. The van der Waals surface area contributed by atoms with Crippen LogP contribution in [-0.4, -0.2) is 32.7 Å². The minimum atomic E-state index is -0.688. The molecule has 1 amide bonds. The molecule has 0 aliphatic heterocycles. The van der Waals surface area contributed by atoms with Crippen molar-refractivity contribution in [1.82, 2.24) is 5.32 Å². The van der Waals surface area contributed by atoms with Crippen LogP contribution in [0.4, 0.5) is 0 Å². The van der Waals surface area contributed by atoms with Gasteiger partial charge in [-0.25, -0.2) is 4.79 Å². The van der Waals surface area contributed by atoms with E-state index >= 15 is 0 Å². The minimum Gasteiger partial charge on any atom is -0.493 e. The second-order valence-electron chi connectivity index (χ2n) is 5.69. The number of amides is 1. The summed E-state index contributed by atoms with van der Waals surface area (Å²) in [4.78, 5) is 23.9. The number of esters is 1. The van der Waals surface area contributed by atoms with E-state index in [1.807, 2.05) is 24.3 Å². The van der Waals surface area contributed by atoms with Gasteiger partial charge in [-0.1, -0.05) is 24.3 Å². The highest BCUT2D eigenvalue weighted by atomic mass is 16.5. The topological polar surface area (TPSA) is 87.0 Å². The fraction of sp³-hybridized carbons (Fsp3) is 0.200. The number of nitrogens with one attached hydrogen (secondary N) is 1. The first-order valence-corrected chi connectivity index (χ1v) is 8.24. The zero-order valence-electron chi connectivity index (χ0n) is 15.0. The van der Waals surface area contributed by atoms with E-state index in [-0.39, 0.29) is 12.3 Å². The van der Waals surface area contributed by atoms with Crippen LogP contribution in [0, 0.1) is 0 Å². The third kappa shape index (κ3) is 4.38. The van der Waals surface area contributed by atoms with Gasteiger partial charge in [0.1, 0.15) is 5.58 Å². The minimum absolute atomic E-state index is 0.0592. The molecule has 1 N–H and O–H groups in total. The number of carbonyl (C=O) groups excluding carboxylic acids is 2. The summed E-state index contributed by atoms with van der Waals surface area (Å²) < 4.78 is 20.8. The Morgan fingerprint density at radius 1 is 1.00 bits per heavy atom. The highest BCUT2D eigenvalue weighted by molar-refractivity contribution is 5.93. The highest BCUT2D eigenvalue weighted by Crippen LogP contribution is 2.27. The lowest BCUT2D eigenvalue weighted by atomic mass is 10.2. The molecule has 1 aromatic heterocycles. The predicted molar refractivity (Wildman–Crippen MR) is 97.9 cm³/mol. The lowest BCUT2D eigenvalue weighted by Crippen LogP contribution is -2.28. The Balaban J connectivity index is 1.51. The lowest BCUT2D eigenvalue weighted by Gasteiger charge is -2.10. The van der Waals surface area contributed by atoms with E-state index in [0.717, 1.165) is 10.9 Å². The van der Waals surface area contributed by atoms with Crippen LogP contribution in [0.25, 0.3) is 11.0 Å². The third-order valence-corrected chi connectivity index (χ3v) is 3.90. The number of hydrogen-bond acceptors (Lipinski definition) is 6. The first-order valence-electron chi connectivity index (χ1n) is 8.24. The Labute approximate surface area is 155 Å². The van der Waals surface area contributed by atoms with Gasteiger partial charge in [-0.2, -0.15) is 0 Å². The Morgan fingerprint density at radius 3 is 2.52 bits per heavy atom. The van der Waals surface area contributed by atoms with Gasteiger partial charge in [0.25, 0.3) is 5.91 Å². The van der Waals surface area contributed by atoms with E-state index in [4.69, 9.17) is 18.6 Å². The summed E-state index contributed by atoms with van der Waals surface area (Å²) in [6, 6.07) is 14.1. The molecule has 27 heavy (non-hydrogen) atoms. The molecule has 7 heteroatoms. The van der Waals surface area contributed by atoms with Gasteiger partial charge >= 0.3 is 5.97 Å². The van der Waals surface area contributed by atoms with Gasteiger partial charge in [0, 0.05) is 11.9 Å². The molecule has 0 fully saturated rings. The van der Waals surface area contributed by atoms with Crippen molar-refractivity contribution >= 4 is 22.8 Å². The largest absolute Gasteiger partial charge is 0.493 e. The van der Waals surface area contributed by atoms with Crippen molar-refractivity contribution in [2.45, 2.75) is 6.54 Å². The number of benzene rings is 2. The Bertz CT molecular complexity index is 929. The summed E-state index contributed by atoms with van der Waals surface area (Å²) in [5.74, 6) is 0.124. The summed E-state index contributed by atoms with van der Waals surface area (Å²) >= 11 is 0. The Morgan fingerprint density at radius 2 is 1.78 bits per heavy atom. The molecule has 0 spiro atoms. The molecule has 0 saturated heterocycles. The number of ether oxygens (including phenoxy) is 3. The van der Waals surface area contributed by atoms with E-state index in [9.17, 15) is 9.59 Å². The van der Waals surface area contributed by atoms with Gasteiger partial charge < -0.3 is 23.9 Å². The van der Waals surface area contributed by atoms with Crippen LogP contribution in [0.3, 0.4) is 0 Å². The lowest BCUT2D eigenvalue weighted by molar-refractivity contribution is -0.124. The molecule has 0 atom stereocenters. The molecule has 0 radical (unpaired) electrons. The van der Waals surface area contributed by atoms with E-state index in [1.54, 1.807) is 31.4 Å². The van der Waals surface area contributed by atoms with Gasteiger partial charge in [0.15, 0.2) is 18.1 Å². The molecule has 0 unspecified atom stereocenters. The molecule has 140 valence electrons. The molecule has 7 nitrogen and oxygen atoms in total. The first kappa shape index (κ1) is 18.3. The second-order valence-corrected chi connectivity index (χ2v) is 5.69. The summed E-state index contributed by atoms with van der Waals surface area (Å²) in [7, 11) is 3.09. The van der Waals surface area contributed by atoms with Crippen molar-refractivity contribution < 1.29 is 28.2 Å². The van der Waals surface area contributed by atoms with E-state index in [0.29, 0.717) is 17.1 Å². The number of hydrogen-bond donors (Lipinski definition) is 1. The normalized spacial score (nSPS) is 10.4.